The summed E-state index contributed by atoms with van der Waals surface area (Å²) in [6, 6.07) is 9.51. The van der Waals surface area contributed by atoms with Crippen molar-refractivity contribution in [3.8, 4) is 0 Å². The van der Waals surface area contributed by atoms with Crippen LogP contribution >= 0.6 is 0 Å². The predicted molar refractivity (Wildman–Crippen MR) is 72.8 cm³/mol. The maximum atomic E-state index is 9.18. The lowest BCUT2D eigenvalue weighted by molar-refractivity contribution is 0.312. The highest BCUT2D eigenvalue weighted by atomic mass is 16.4. The molecule has 5 nitrogen and oxygen atoms in total. The van der Waals surface area contributed by atoms with Crippen LogP contribution in [0.2, 0.25) is 0 Å². The monoisotopic (exact) mass is 249 g/mol. The van der Waals surface area contributed by atoms with Crippen molar-refractivity contribution in [2.75, 3.05) is 4.90 Å². The summed E-state index contributed by atoms with van der Waals surface area (Å²) in [6.07, 6.45) is 0. The summed E-state index contributed by atoms with van der Waals surface area (Å²) >= 11 is 0. The van der Waals surface area contributed by atoms with Crippen molar-refractivity contribution in [3.63, 3.8) is 0 Å². The third kappa shape index (κ3) is 3.00. The van der Waals surface area contributed by atoms with Crippen LogP contribution in [0, 0.1) is 0 Å². The van der Waals surface area contributed by atoms with Crippen LogP contribution in [0.15, 0.2) is 40.6 Å². The number of para-hydroxylation sites is 1. The first kappa shape index (κ1) is 14.0. The van der Waals surface area contributed by atoms with Crippen LogP contribution in [-0.4, -0.2) is 27.5 Å². The van der Waals surface area contributed by atoms with E-state index in [0.717, 1.165) is 5.69 Å². The Labute approximate surface area is 107 Å². The second-order valence-corrected chi connectivity index (χ2v) is 4.95. The molecule has 0 heterocycles. The standard InChI is InChI=1S/C13H19N3O2/c1-10(14-17)12(15-18)16(13(2,3)4)11-8-6-5-7-9-11/h5-9,17-18H,1-4H3. The lowest BCUT2D eigenvalue weighted by Gasteiger charge is -2.37. The van der Waals surface area contributed by atoms with Gasteiger partial charge in [-0.1, -0.05) is 28.5 Å². The fraction of sp³-hybridized carbons (Fsp3) is 0.385. The lowest BCUT2D eigenvalue weighted by atomic mass is 10.0. The molecule has 0 saturated heterocycles. The van der Waals surface area contributed by atoms with E-state index in [1.165, 1.54) is 0 Å². The summed E-state index contributed by atoms with van der Waals surface area (Å²) < 4.78 is 0. The van der Waals surface area contributed by atoms with Gasteiger partial charge in [0.05, 0.1) is 0 Å². The molecule has 0 atom stereocenters. The zero-order valence-corrected chi connectivity index (χ0v) is 11.1. The van der Waals surface area contributed by atoms with Crippen LogP contribution < -0.4 is 4.90 Å². The van der Waals surface area contributed by atoms with Gasteiger partial charge in [0, 0.05) is 11.2 Å². The van der Waals surface area contributed by atoms with E-state index in [-0.39, 0.29) is 17.1 Å². The Hall–Kier alpha value is -2.04. The van der Waals surface area contributed by atoms with E-state index in [0.29, 0.717) is 0 Å². The van der Waals surface area contributed by atoms with Crippen molar-refractivity contribution in [2.45, 2.75) is 33.2 Å². The van der Waals surface area contributed by atoms with Crippen molar-refractivity contribution < 1.29 is 10.4 Å². The molecule has 0 unspecified atom stereocenters. The average Bonchev–Trinajstić information content (AvgIpc) is 2.34. The molecule has 0 aliphatic heterocycles. The maximum absolute atomic E-state index is 9.18. The van der Waals surface area contributed by atoms with Crippen molar-refractivity contribution in [2.24, 2.45) is 10.3 Å². The summed E-state index contributed by atoms with van der Waals surface area (Å²) in [5, 5.41) is 24.4. The van der Waals surface area contributed by atoms with Gasteiger partial charge in [-0.3, -0.25) is 0 Å². The third-order valence-electron chi connectivity index (χ3n) is 2.47. The van der Waals surface area contributed by atoms with E-state index in [2.05, 4.69) is 10.3 Å². The molecule has 0 saturated carbocycles. The van der Waals surface area contributed by atoms with Gasteiger partial charge in [-0.2, -0.15) is 0 Å². The van der Waals surface area contributed by atoms with E-state index in [1.54, 1.807) is 6.92 Å². The van der Waals surface area contributed by atoms with Gasteiger partial charge in [0.1, 0.15) is 5.71 Å². The number of nitrogens with zero attached hydrogens (tertiary/aromatic N) is 3. The number of hydrogen-bond donors (Lipinski definition) is 2. The Morgan fingerprint density at radius 1 is 1.06 bits per heavy atom. The van der Waals surface area contributed by atoms with Crippen LogP contribution in [0.25, 0.3) is 0 Å². The highest BCUT2D eigenvalue weighted by Crippen LogP contribution is 2.24. The summed E-state index contributed by atoms with van der Waals surface area (Å²) in [4.78, 5) is 1.81. The molecule has 0 aliphatic carbocycles. The Balaban J connectivity index is 3.32. The Kier molecular flexibility index (Phi) is 4.31. The summed E-state index contributed by atoms with van der Waals surface area (Å²) in [5.41, 5.74) is 0.784. The highest BCUT2D eigenvalue weighted by molar-refractivity contribution is 6.45. The fourth-order valence-corrected chi connectivity index (χ4v) is 1.73. The minimum absolute atomic E-state index is 0.219. The normalized spacial score (nSPS) is 13.6. The zero-order valence-electron chi connectivity index (χ0n) is 11.1. The molecule has 5 heteroatoms. The van der Waals surface area contributed by atoms with Crippen LogP contribution in [-0.2, 0) is 0 Å². The van der Waals surface area contributed by atoms with Gasteiger partial charge >= 0.3 is 0 Å². The van der Waals surface area contributed by atoms with Crippen molar-refractivity contribution in [3.05, 3.63) is 30.3 Å². The van der Waals surface area contributed by atoms with Gasteiger partial charge in [-0.25, -0.2) is 0 Å². The molecular weight excluding hydrogens is 230 g/mol. The van der Waals surface area contributed by atoms with Gasteiger partial charge in [0.15, 0.2) is 5.84 Å². The minimum atomic E-state index is -0.325. The molecule has 1 rings (SSSR count). The van der Waals surface area contributed by atoms with Crippen LogP contribution in [0.1, 0.15) is 27.7 Å². The molecule has 0 bridgehead atoms. The van der Waals surface area contributed by atoms with Crippen molar-refractivity contribution in [1.29, 1.82) is 0 Å². The molecule has 18 heavy (non-hydrogen) atoms. The summed E-state index contributed by atoms with van der Waals surface area (Å²) in [6.45, 7) is 7.53. The molecule has 0 aromatic heterocycles. The average molecular weight is 249 g/mol. The van der Waals surface area contributed by atoms with Gasteiger partial charge in [-0.05, 0) is 39.8 Å². The molecule has 2 N–H and O–H groups in total. The van der Waals surface area contributed by atoms with Gasteiger partial charge in [0.25, 0.3) is 0 Å². The van der Waals surface area contributed by atoms with Crippen molar-refractivity contribution in [1.82, 2.24) is 0 Å². The van der Waals surface area contributed by atoms with E-state index < -0.39 is 0 Å². The number of hydrogen-bond acceptors (Lipinski definition) is 4. The van der Waals surface area contributed by atoms with Crippen molar-refractivity contribution >= 4 is 17.2 Å². The third-order valence-corrected chi connectivity index (χ3v) is 2.47. The number of oxime groups is 2. The summed E-state index contributed by atoms with van der Waals surface area (Å²) in [7, 11) is 0. The summed E-state index contributed by atoms with van der Waals surface area (Å²) in [5.74, 6) is 0.219. The number of benzene rings is 1. The molecule has 0 radical (unpaired) electrons. The highest BCUT2D eigenvalue weighted by Gasteiger charge is 2.28. The molecule has 1 aromatic rings. The maximum Gasteiger partial charge on any atom is 0.197 e. The number of anilines is 1. The van der Waals surface area contributed by atoms with Gasteiger partial charge in [0.2, 0.25) is 0 Å². The molecule has 98 valence electrons. The Bertz CT molecular complexity index is 447. The van der Waals surface area contributed by atoms with E-state index in [1.807, 2.05) is 56.0 Å². The second-order valence-electron chi connectivity index (χ2n) is 4.95. The molecule has 0 fully saturated rings. The van der Waals surface area contributed by atoms with Crippen LogP contribution in [0.3, 0.4) is 0 Å². The smallest absolute Gasteiger partial charge is 0.197 e. The number of rotatable bonds is 2. The van der Waals surface area contributed by atoms with Crippen LogP contribution in [0.5, 0.6) is 0 Å². The Morgan fingerprint density at radius 2 is 1.61 bits per heavy atom. The molecular formula is C13H19N3O2. The fourth-order valence-electron chi connectivity index (χ4n) is 1.73. The topological polar surface area (TPSA) is 68.4 Å². The molecule has 1 aromatic carbocycles. The molecule has 0 spiro atoms. The molecule has 0 aliphatic rings. The zero-order chi connectivity index (χ0) is 13.8. The number of amidine groups is 1. The quantitative estimate of drug-likeness (QED) is 0.366. The largest absolute Gasteiger partial charge is 0.411 e. The Morgan fingerprint density at radius 3 is 2.00 bits per heavy atom. The SMILES string of the molecule is CC(=NO)C(=NO)N(c1ccccc1)C(C)(C)C. The second kappa shape index (κ2) is 5.53. The molecule has 0 amide bonds. The van der Waals surface area contributed by atoms with Crippen LogP contribution in [0.4, 0.5) is 5.69 Å². The lowest BCUT2D eigenvalue weighted by Crippen LogP contribution is -2.48. The van der Waals surface area contributed by atoms with E-state index >= 15 is 0 Å². The predicted octanol–water partition coefficient (Wildman–Crippen LogP) is 2.93. The van der Waals surface area contributed by atoms with E-state index in [9.17, 15) is 5.21 Å². The first-order valence-corrected chi connectivity index (χ1v) is 5.68. The van der Waals surface area contributed by atoms with E-state index in [4.69, 9.17) is 5.21 Å². The minimum Gasteiger partial charge on any atom is -0.411 e. The first-order valence-electron chi connectivity index (χ1n) is 5.68. The first-order chi connectivity index (χ1) is 8.41. The van der Waals surface area contributed by atoms with Gasteiger partial charge < -0.3 is 15.3 Å². The van der Waals surface area contributed by atoms with Gasteiger partial charge in [-0.15, -0.1) is 0 Å².